The maximum Gasteiger partial charge on any atom is 0.191 e. The van der Waals surface area contributed by atoms with Gasteiger partial charge >= 0.3 is 0 Å². The first-order valence-corrected chi connectivity index (χ1v) is 10.5. The third-order valence-corrected chi connectivity index (χ3v) is 6.60. The van der Waals surface area contributed by atoms with Crippen LogP contribution in [-0.4, -0.2) is 22.4 Å². The lowest BCUT2D eigenvalue weighted by Crippen LogP contribution is -2.37. The SMILES string of the molecule is Cc1c(C)c2c(c(C)c1O)CCC(C)(CCSc1ccc(N=C(N)N)cc1)O2. The zero-order valence-electron chi connectivity index (χ0n) is 17.0. The molecule has 1 unspecified atom stereocenters. The number of fused-ring (bicyclic) bond motifs is 1. The molecule has 2 aromatic carbocycles. The molecule has 5 N–H and O–H groups in total. The molecule has 3 rings (SSSR count). The van der Waals surface area contributed by atoms with Crippen molar-refractivity contribution in [2.75, 3.05) is 5.75 Å². The van der Waals surface area contributed by atoms with Crippen molar-refractivity contribution in [2.45, 2.75) is 57.5 Å². The number of aliphatic imine (C=N–C) groups is 1. The van der Waals surface area contributed by atoms with Crippen LogP contribution in [0, 0.1) is 20.8 Å². The van der Waals surface area contributed by atoms with E-state index in [1.807, 2.05) is 45.0 Å². The summed E-state index contributed by atoms with van der Waals surface area (Å²) in [5.41, 5.74) is 15.4. The largest absolute Gasteiger partial charge is 0.507 e. The van der Waals surface area contributed by atoms with Crippen LogP contribution in [0.3, 0.4) is 0 Å². The quantitative estimate of drug-likeness (QED) is 0.391. The fraction of sp³-hybridized carbons (Fsp3) is 0.409. The number of nitrogens with zero attached hydrogens (tertiary/aromatic N) is 1. The summed E-state index contributed by atoms with van der Waals surface area (Å²) in [5, 5.41) is 10.3. The van der Waals surface area contributed by atoms with Crippen LogP contribution < -0.4 is 16.2 Å². The van der Waals surface area contributed by atoms with Crippen molar-refractivity contribution >= 4 is 23.4 Å². The van der Waals surface area contributed by atoms with Gasteiger partial charge in [0.05, 0.1) is 5.69 Å². The number of aromatic hydroxyl groups is 1. The van der Waals surface area contributed by atoms with Crippen molar-refractivity contribution in [1.82, 2.24) is 0 Å². The molecule has 0 spiro atoms. The first-order valence-electron chi connectivity index (χ1n) is 9.53. The number of rotatable bonds is 5. The lowest BCUT2D eigenvalue weighted by atomic mass is 9.86. The molecule has 0 aliphatic carbocycles. The predicted molar refractivity (Wildman–Crippen MR) is 117 cm³/mol. The standard InChI is InChI=1S/C22H29N3O2S/c1-13-14(2)20-18(15(3)19(13)26)9-10-22(4,27-20)11-12-28-17-7-5-16(6-8-17)25-21(23)24/h5-8,26H,9-12H2,1-4H3,(H4,23,24,25). The number of thioether (sulfide) groups is 1. The van der Waals surface area contributed by atoms with Crippen LogP contribution in [-0.2, 0) is 6.42 Å². The van der Waals surface area contributed by atoms with Gasteiger partial charge in [-0.2, -0.15) is 0 Å². The number of phenols is 1. The molecule has 2 aromatic rings. The van der Waals surface area contributed by atoms with E-state index in [1.54, 1.807) is 11.8 Å². The van der Waals surface area contributed by atoms with Crippen molar-refractivity contribution in [3.63, 3.8) is 0 Å². The van der Waals surface area contributed by atoms with E-state index < -0.39 is 0 Å². The van der Waals surface area contributed by atoms with Crippen molar-refractivity contribution in [2.24, 2.45) is 16.5 Å². The Morgan fingerprint density at radius 3 is 2.46 bits per heavy atom. The van der Waals surface area contributed by atoms with Gasteiger partial charge in [-0.05, 0) is 87.9 Å². The summed E-state index contributed by atoms with van der Waals surface area (Å²) in [5.74, 6) is 2.40. The van der Waals surface area contributed by atoms with E-state index in [0.29, 0.717) is 5.75 Å². The molecule has 0 amide bonds. The Kier molecular flexibility index (Phi) is 5.79. The summed E-state index contributed by atoms with van der Waals surface area (Å²) in [4.78, 5) is 5.22. The van der Waals surface area contributed by atoms with E-state index in [2.05, 4.69) is 11.9 Å². The van der Waals surface area contributed by atoms with E-state index in [1.165, 1.54) is 4.90 Å². The maximum atomic E-state index is 10.3. The third-order valence-electron chi connectivity index (χ3n) is 5.59. The van der Waals surface area contributed by atoms with Crippen molar-refractivity contribution in [3.8, 4) is 11.5 Å². The monoisotopic (exact) mass is 399 g/mol. The molecule has 0 saturated heterocycles. The summed E-state index contributed by atoms with van der Waals surface area (Å²) in [6.45, 7) is 8.16. The Morgan fingerprint density at radius 2 is 1.82 bits per heavy atom. The van der Waals surface area contributed by atoms with Gasteiger partial charge < -0.3 is 21.3 Å². The van der Waals surface area contributed by atoms with Crippen LogP contribution in [0.15, 0.2) is 34.2 Å². The summed E-state index contributed by atoms with van der Waals surface area (Å²) in [6, 6.07) is 7.90. The highest BCUT2D eigenvalue weighted by atomic mass is 32.2. The molecule has 0 fully saturated rings. The zero-order valence-corrected chi connectivity index (χ0v) is 17.8. The van der Waals surface area contributed by atoms with Crippen LogP contribution in [0.1, 0.15) is 42.0 Å². The average molecular weight is 400 g/mol. The van der Waals surface area contributed by atoms with Crippen molar-refractivity contribution in [3.05, 3.63) is 46.5 Å². The Bertz CT molecular complexity index is 905. The topological polar surface area (TPSA) is 93.9 Å². The van der Waals surface area contributed by atoms with E-state index in [4.69, 9.17) is 16.2 Å². The highest BCUT2D eigenvalue weighted by Crippen LogP contribution is 2.44. The maximum absolute atomic E-state index is 10.3. The van der Waals surface area contributed by atoms with Gasteiger partial charge in [0.15, 0.2) is 5.96 Å². The fourth-order valence-electron chi connectivity index (χ4n) is 3.62. The highest BCUT2D eigenvalue weighted by Gasteiger charge is 2.34. The van der Waals surface area contributed by atoms with Gasteiger partial charge in [-0.15, -0.1) is 11.8 Å². The van der Waals surface area contributed by atoms with Gasteiger partial charge in [0.25, 0.3) is 0 Å². The molecule has 1 heterocycles. The summed E-state index contributed by atoms with van der Waals surface area (Å²) in [6.07, 6.45) is 2.84. The summed E-state index contributed by atoms with van der Waals surface area (Å²) in [7, 11) is 0. The minimum Gasteiger partial charge on any atom is -0.507 e. The first-order chi connectivity index (χ1) is 13.2. The molecule has 1 atom stereocenters. The predicted octanol–water partition coefficient (Wildman–Crippen LogP) is 4.49. The molecule has 28 heavy (non-hydrogen) atoms. The molecular weight excluding hydrogens is 370 g/mol. The number of benzene rings is 2. The van der Waals surface area contributed by atoms with E-state index in [-0.39, 0.29) is 11.6 Å². The van der Waals surface area contributed by atoms with Gasteiger partial charge in [-0.25, -0.2) is 4.99 Å². The van der Waals surface area contributed by atoms with E-state index >= 15 is 0 Å². The average Bonchev–Trinajstić information content (AvgIpc) is 2.65. The molecule has 1 aliphatic heterocycles. The van der Waals surface area contributed by atoms with Gasteiger partial charge in [0.1, 0.15) is 17.1 Å². The van der Waals surface area contributed by atoms with Gasteiger partial charge in [0.2, 0.25) is 0 Å². The molecule has 6 heteroatoms. The van der Waals surface area contributed by atoms with E-state index in [0.717, 1.165) is 58.7 Å². The minimum atomic E-state index is -0.196. The number of ether oxygens (including phenoxy) is 1. The second-order valence-electron chi connectivity index (χ2n) is 7.71. The van der Waals surface area contributed by atoms with Gasteiger partial charge in [-0.3, -0.25) is 0 Å². The van der Waals surface area contributed by atoms with E-state index in [9.17, 15) is 5.11 Å². The summed E-state index contributed by atoms with van der Waals surface area (Å²) < 4.78 is 6.50. The molecule has 0 bridgehead atoms. The zero-order chi connectivity index (χ0) is 20.5. The molecule has 1 aliphatic rings. The van der Waals surface area contributed by atoms with Crippen LogP contribution in [0.4, 0.5) is 5.69 Å². The first kappa shape index (κ1) is 20.4. The number of hydrogen-bond donors (Lipinski definition) is 3. The Hall–Kier alpha value is -2.34. The second-order valence-corrected chi connectivity index (χ2v) is 8.88. The smallest absolute Gasteiger partial charge is 0.191 e. The normalized spacial score (nSPS) is 18.3. The van der Waals surface area contributed by atoms with Gasteiger partial charge in [-0.1, -0.05) is 0 Å². The van der Waals surface area contributed by atoms with Crippen LogP contribution in [0.5, 0.6) is 11.5 Å². The fourth-order valence-corrected chi connectivity index (χ4v) is 4.72. The minimum absolute atomic E-state index is 0.0668. The molecular formula is C22H29N3O2S. The second kappa shape index (κ2) is 7.95. The molecule has 150 valence electrons. The Labute approximate surface area is 171 Å². The molecule has 5 nitrogen and oxygen atoms in total. The molecule has 0 radical (unpaired) electrons. The lowest BCUT2D eigenvalue weighted by Gasteiger charge is -2.38. The number of nitrogens with two attached hydrogens (primary N) is 2. The van der Waals surface area contributed by atoms with Crippen LogP contribution in [0.25, 0.3) is 0 Å². The van der Waals surface area contributed by atoms with Crippen LogP contribution in [0.2, 0.25) is 0 Å². The number of hydrogen-bond acceptors (Lipinski definition) is 4. The lowest BCUT2D eigenvalue weighted by molar-refractivity contribution is 0.0610. The number of phenolic OH excluding ortho intramolecular Hbond substituents is 1. The molecule has 0 aromatic heterocycles. The van der Waals surface area contributed by atoms with Gasteiger partial charge in [0, 0.05) is 16.2 Å². The third kappa shape index (κ3) is 4.22. The molecule has 0 saturated carbocycles. The Balaban J connectivity index is 1.65. The van der Waals surface area contributed by atoms with Crippen molar-refractivity contribution in [1.29, 1.82) is 0 Å². The Morgan fingerprint density at radius 1 is 1.14 bits per heavy atom. The number of guanidine groups is 1. The summed E-state index contributed by atoms with van der Waals surface area (Å²) >= 11 is 1.80. The van der Waals surface area contributed by atoms with Crippen molar-refractivity contribution < 1.29 is 9.84 Å². The van der Waals surface area contributed by atoms with Crippen LogP contribution >= 0.6 is 11.8 Å². The highest BCUT2D eigenvalue weighted by molar-refractivity contribution is 7.99.